The van der Waals surface area contributed by atoms with Gasteiger partial charge < -0.3 is 30.5 Å². The first kappa shape index (κ1) is 25.5. The molecule has 32 heavy (non-hydrogen) atoms. The molecule has 0 aliphatic carbocycles. The van der Waals surface area contributed by atoms with Crippen LogP contribution in [-0.2, 0) is 15.9 Å². The van der Waals surface area contributed by atoms with Crippen molar-refractivity contribution in [2.45, 2.75) is 45.8 Å². The minimum absolute atomic E-state index is 0.187. The molecule has 1 aliphatic rings. The molecular formula is C23H37N5O4. The number of allylic oxidation sites excluding steroid dienone is 2. The minimum Gasteiger partial charge on any atom is -0.491 e. The number of nitrogens with two attached hydrogens (primary N) is 1. The number of hydrogen-bond acceptors (Lipinski definition) is 9. The van der Waals surface area contributed by atoms with E-state index in [4.69, 9.17) is 20.1 Å². The number of hydrazone groups is 1. The molecule has 1 unspecified atom stereocenters. The van der Waals surface area contributed by atoms with Crippen LogP contribution in [0.15, 0.2) is 52.6 Å². The third-order valence-corrected chi connectivity index (χ3v) is 4.86. The highest BCUT2D eigenvalue weighted by molar-refractivity contribution is 6.09. The lowest BCUT2D eigenvalue weighted by molar-refractivity contribution is 0.0797. The van der Waals surface area contributed by atoms with Gasteiger partial charge in [0.2, 0.25) is 5.88 Å². The SMILES string of the molecule is COCCc1ccccc1OCC(O)CNC(C)(C)COC1=CC(=NN)C(=C(C)C)NN1. The molecular weight excluding hydrogens is 410 g/mol. The van der Waals surface area contributed by atoms with Crippen LogP contribution in [0.5, 0.6) is 5.75 Å². The number of para-hydroxylation sites is 1. The van der Waals surface area contributed by atoms with Crippen LogP contribution in [0.3, 0.4) is 0 Å². The van der Waals surface area contributed by atoms with E-state index >= 15 is 0 Å². The average molecular weight is 448 g/mol. The summed E-state index contributed by atoms with van der Waals surface area (Å²) in [6.45, 7) is 9.46. The predicted octanol–water partition coefficient (Wildman–Crippen LogP) is 1.56. The monoisotopic (exact) mass is 447 g/mol. The van der Waals surface area contributed by atoms with E-state index in [2.05, 4.69) is 21.3 Å². The van der Waals surface area contributed by atoms with Crippen LogP contribution in [-0.4, -0.2) is 55.9 Å². The molecule has 0 bridgehead atoms. The van der Waals surface area contributed by atoms with Crippen LogP contribution >= 0.6 is 0 Å². The smallest absolute Gasteiger partial charge is 0.207 e. The van der Waals surface area contributed by atoms with Crippen LogP contribution in [0.25, 0.3) is 0 Å². The number of β-amino-alcohol motifs (C(OH)–C–C–N with tert-alkyl or cyclic N) is 1. The van der Waals surface area contributed by atoms with Crippen molar-refractivity contribution >= 4 is 5.71 Å². The van der Waals surface area contributed by atoms with E-state index in [9.17, 15) is 5.11 Å². The van der Waals surface area contributed by atoms with Gasteiger partial charge >= 0.3 is 0 Å². The Morgan fingerprint density at radius 1 is 1.22 bits per heavy atom. The summed E-state index contributed by atoms with van der Waals surface area (Å²) in [6.07, 6.45) is 1.84. The number of aliphatic hydroxyl groups is 1. The number of nitrogens with one attached hydrogen (secondary N) is 3. The topological polar surface area (TPSA) is 122 Å². The van der Waals surface area contributed by atoms with Crippen molar-refractivity contribution in [3.8, 4) is 5.75 Å². The molecule has 0 amide bonds. The Hall–Kier alpha value is -2.75. The number of ether oxygens (including phenoxy) is 3. The number of rotatable bonds is 12. The third-order valence-electron chi connectivity index (χ3n) is 4.86. The molecule has 6 N–H and O–H groups in total. The van der Waals surface area contributed by atoms with Crippen LogP contribution < -0.4 is 26.7 Å². The summed E-state index contributed by atoms with van der Waals surface area (Å²) in [6, 6.07) is 7.79. The maximum atomic E-state index is 10.4. The summed E-state index contributed by atoms with van der Waals surface area (Å²) in [5, 5.41) is 17.5. The van der Waals surface area contributed by atoms with E-state index in [-0.39, 0.29) is 6.61 Å². The Morgan fingerprint density at radius 3 is 2.66 bits per heavy atom. The summed E-state index contributed by atoms with van der Waals surface area (Å²) in [7, 11) is 1.67. The normalized spacial score (nSPS) is 16.1. The summed E-state index contributed by atoms with van der Waals surface area (Å²) < 4.78 is 16.8. The van der Waals surface area contributed by atoms with Gasteiger partial charge in [0.25, 0.3) is 0 Å². The molecule has 2 rings (SSSR count). The van der Waals surface area contributed by atoms with Gasteiger partial charge in [-0.1, -0.05) is 18.2 Å². The lowest BCUT2D eigenvalue weighted by atomic mass is 10.1. The van der Waals surface area contributed by atoms with Gasteiger partial charge in [-0.2, -0.15) is 5.10 Å². The second kappa shape index (κ2) is 12.3. The molecule has 9 nitrogen and oxygen atoms in total. The van der Waals surface area contributed by atoms with Gasteiger partial charge in [0, 0.05) is 25.3 Å². The molecule has 178 valence electrons. The molecule has 1 aromatic carbocycles. The zero-order chi connectivity index (χ0) is 23.6. The predicted molar refractivity (Wildman–Crippen MR) is 126 cm³/mol. The van der Waals surface area contributed by atoms with E-state index in [1.807, 2.05) is 52.0 Å². The molecule has 1 aromatic rings. The van der Waals surface area contributed by atoms with Gasteiger partial charge in [0.05, 0.1) is 12.3 Å². The number of benzene rings is 1. The summed E-state index contributed by atoms with van der Waals surface area (Å²) in [5.74, 6) is 6.77. The van der Waals surface area contributed by atoms with Gasteiger partial charge in [0.15, 0.2) is 0 Å². The first-order valence-electron chi connectivity index (χ1n) is 10.7. The summed E-state index contributed by atoms with van der Waals surface area (Å²) >= 11 is 0. The Morgan fingerprint density at radius 2 is 1.97 bits per heavy atom. The first-order valence-corrected chi connectivity index (χ1v) is 10.7. The quantitative estimate of drug-likeness (QED) is 0.242. The number of nitrogens with zero attached hydrogens (tertiary/aromatic N) is 1. The van der Waals surface area contributed by atoms with Gasteiger partial charge in [-0.05, 0) is 51.3 Å². The molecule has 1 aliphatic heterocycles. The maximum absolute atomic E-state index is 10.4. The number of hydrogen-bond donors (Lipinski definition) is 5. The molecule has 0 saturated carbocycles. The van der Waals surface area contributed by atoms with Crippen molar-refractivity contribution in [2.75, 3.05) is 33.5 Å². The Kier molecular flexibility index (Phi) is 9.83. The minimum atomic E-state index is -0.672. The lowest BCUT2D eigenvalue weighted by Crippen LogP contribution is -2.49. The van der Waals surface area contributed by atoms with E-state index in [1.54, 1.807) is 13.2 Å². The number of aliphatic hydroxyl groups excluding tert-OH is 1. The van der Waals surface area contributed by atoms with Crippen molar-refractivity contribution in [3.63, 3.8) is 0 Å². The fraction of sp³-hybridized carbons (Fsp3) is 0.522. The molecule has 1 atom stereocenters. The van der Waals surface area contributed by atoms with Crippen LogP contribution in [0.4, 0.5) is 0 Å². The highest BCUT2D eigenvalue weighted by Crippen LogP contribution is 2.19. The largest absolute Gasteiger partial charge is 0.491 e. The fourth-order valence-corrected chi connectivity index (χ4v) is 2.99. The highest BCUT2D eigenvalue weighted by Gasteiger charge is 2.22. The third kappa shape index (κ3) is 8.07. The van der Waals surface area contributed by atoms with Crippen molar-refractivity contribution in [1.29, 1.82) is 0 Å². The second-order valence-corrected chi connectivity index (χ2v) is 8.52. The average Bonchev–Trinajstić information content (AvgIpc) is 2.79. The number of hydrazine groups is 1. The molecule has 1 heterocycles. The Labute approximate surface area is 190 Å². The van der Waals surface area contributed by atoms with Gasteiger partial charge in [-0.3, -0.25) is 10.9 Å². The maximum Gasteiger partial charge on any atom is 0.207 e. The van der Waals surface area contributed by atoms with E-state index < -0.39 is 11.6 Å². The van der Waals surface area contributed by atoms with E-state index in [0.29, 0.717) is 31.4 Å². The molecule has 0 aromatic heterocycles. The van der Waals surface area contributed by atoms with Crippen LogP contribution in [0.1, 0.15) is 33.3 Å². The van der Waals surface area contributed by atoms with Crippen molar-refractivity contribution in [2.24, 2.45) is 10.9 Å². The zero-order valence-corrected chi connectivity index (χ0v) is 19.7. The fourth-order valence-electron chi connectivity index (χ4n) is 2.99. The van der Waals surface area contributed by atoms with E-state index in [0.717, 1.165) is 29.0 Å². The number of methoxy groups -OCH3 is 1. The van der Waals surface area contributed by atoms with Crippen molar-refractivity contribution in [3.05, 3.63) is 53.1 Å². The second-order valence-electron chi connectivity index (χ2n) is 8.52. The molecule has 0 fully saturated rings. The highest BCUT2D eigenvalue weighted by atomic mass is 16.5. The molecule has 9 heteroatoms. The lowest BCUT2D eigenvalue weighted by Gasteiger charge is -2.30. The molecule has 0 saturated heterocycles. The Balaban J connectivity index is 1.80. The molecule has 0 spiro atoms. The van der Waals surface area contributed by atoms with Crippen LogP contribution in [0.2, 0.25) is 0 Å². The summed E-state index contributed by atoms with van der Waals surface area (Å²) in [4.78, 5) is 0. The Bertz CT molecular complexity index is 831. The van der Waals surface area contributed by atoms with Crippen LogP contribution in [0, 0.1) is 0 Å². The first-order chi connectivity index (χ1) is 15.3. The van der Waals surface area contributed by atoms with E-state index in [1.165, 1.54) is 0 Å². The van der Waals surface area contributed by atoms with Gasteiger partial charge in [0.1, 0.15) is 30.8 Å². The van der Waals surface area contributed by atoms with Crippen molar-refractivity contribution < 1.29 is 19.3 Å². The zero-order valence-electron chi connectivity index (χ0n) is 19.7. The van der Waals surface area contributed by atoms with Gasteiger partial charge in [-0.15, -0.1) is 0 Å². The summed E-state index contributed by atoms with van der Waals surface area (Å²) in [5.41, 5.74) is 9.20. The van der Waals surface area contributed by atoms with Crippen molar-refractivity contribution in [1.82, 2.24) is 16.2 Å². The van der Waals surface area contributed by atoms with Gasteiger partial charge in [-0.25, -0.2) is 0 Å². The standard InChI is InChI=1S/C23H37N5O4/c1-16(2)22-19(26-24)12-21(27-28-22)32-15-23(3,4)25-13-18(29)14-31-20-9-7-6-8-17(20)10-11-30-5/h6-9,12,18,25,27-29H,10-11,13-15,24H2,1-5H3. The molecule has 0 radical (unpaired) electrons.